The van der Waals surface area contributed by atoms with Crippen LogP contribution in [0, 0.1) is 0 Å². The minimum absolute atomic E-state index is 0.608. The molecule has 0 saturated carbocycles. The fourth-order valence-corrected chi connectivity index (χ4v) is 8.98. The molecule has 3 aromatic heterocycles. The molecule has 0 atom stereocenters. The van der Waals surface area contributed by atoms with Crippen LogP contribution in [0.5, 0.6) is 0 Å². The number of benzene rings is 9. The SMILES string of the molecule is c1ccc(-c2cc(-c3nc(-c4cccc(-n5c6ccccc6c6ccccc65)c4)nc(-c4ccc5ccccc5c4)n3)ccc2-n2c3ccccc3c3ccccc32)cc1. The lowest BCUT2D eigenvalue weighted by Gasteiger charge is -2.16. The third kappa shape index (κ3) is 5.52. The van der Waals surface area contributed by atoms with Gasteiger partial charge < -0.3 is 9.13 Å². The Labute approximate surface area is 346 Å². The van der Waals surface area contributed by atoms with E-state index in [1.54, 1.807) is 0 Å². The van der Waals surface area contributed by atoms with E-state index in [1.807, 2.05) is 0 Å². The number of para-hydroxylation sites is 4. The van der Waals surface area contributed by atoms with Crippen molar-refractivity contribution in [2.45, 2.75) is 0 Å². The Bertz CT molecular complexity index is 3510. The van der Waals surface area contributed by atoms with E-state index in [2.05, 4.69) is 221 Å². The molecule has 12 rings (SSSR count). The normalized spacial score (nSPS) is 11.7. The van der Waals surface area contributed by atoms with Crippen molar-refractivity contribution in [3.8, 4) is 56.7 Å². The maximum Gasteiger partial charge on any atom is 0.164 e. The molecule has 0 bridgehead atoms. The maximum atomic E-state index is 5.30. The second-order valence-corrected chi connectivity index (χ2v) is 15.3. The number of hydrogen-bond acceptors (Lipinski definition) is 3. The number of fused-ring (bicyclic) bond motifs is 7. The molecule has 0 saturated heterocycles. The van der Waals surface area contributed by atoms with Gasteiger partial charge in [-0.3, -0.25) is 0 Å². The Balaban J connectivity index is 1.08. The molecule has 0 aliphatic rings. The molecule has 5 nitrogen and oxygen atoms in total. The second kappa shape index (κ2) is 13.8. The van der Waals surface area contributed by atoms with Crippen molar-refractivity contribution >= 4 is 54.4 Å². The first-order valence-electron chi connectivity index (χ1n) is 20.3. The van der Waals surface area contributed by atoms with E-state index in [0.717, 1.165) is 66.6 Å². The van der Waals surface area contributed by atoms with Crippen molar-refractivity contribution in [2.24, 2.45) is 0 Å². The van der Waals surface area contributed by atoms with E-state index < -0.39 is 0 Å². The van der Waals surface area contributed by atoms with Crippen LogP contribution in [-0.2, 0) is 0 Å². The van der Waals surface area contributed by atoms with Crippen LogP contribution in [0.2, 0.25) is 0 Å². The monoisotopic (exact) mass is 765 g/mol. The standard InChI is InChI=1S/C55H35N5/c1-2-16-37(17-3-1)47-35-41(31-32-52(47)60-50-27-12-8-23-45(50)46-24-9-13-28-51(46)60)55-57-53(56-54(58-55)40-30-29-36-15-4-5-18-38(36)33-40)39-19-14-20-42(34-39)59-48-25-10-6-21-43(48)44-22-7-11-26-49(44)59/h1-35H. The van der Waals surface area contributed by atoms with Gasteiger partial charge in [0.15, 0.2) is 17.5 Å². The van der Waals surface area contributed by atoms with E-state index >= 15 is 0 Å². The fourth-order valence-electron chi connectivity index (χ4n) is 8.98. The quantitative estimate of drug-likeness (QED) is 0.169. The molecule has 0 N–H and O–H groups in total. The summed E-state index contributed by atoms with van der Waals surface area (Å²) >= 11 is 0. The van der Waals surface area contributed by atoms with E-state index in [0.29, 0.717) is 17.5 Å². The molecule has 0 aliphatic carbocycles. The van der Waals surface area contributed by atoms with Crippen molar-refractivity contribution in [3.63, 3.8) is 0 Å². The molecule has 0 amide bonds. The molecule has 0 radical (unpaired) electrons. The van der Waals surface area contributed by atoms with Gasteiger partial charge in [-0.1, -0.05) is 152 Å². The Hall–Kier alpha value is -8.15. The molecule has 12 aromatic rings. The van der Waals surface area contributed by atoms with Crippen LogP contribution in [0.1, 0.15) is 0 Å². The first-order chi connectivity index (χ1) is 29.7. The van der Waals surface area contributed by atoms with Gasteiger partial charge in [0.1, 0.15) is 0 Å². The third-order valence-corrected chi connectivity index (χ3v) is 11.7. The minimum Gasteiger partial charge on any atom is -0.309 e. The average molecular weight is 766 g/mol. The Morgan fingerprint density at radius 2 is 0.733 bits per heavy atom. The molecule has 9 aromatic carbocycles. The van der Waals surface area contributed by atoms with Crippen molar-refractivity contribution in [1.29, 1.82) is 0 Å². The van der Waals surface area contributed by atoms with Gasteiger partial charge in [-0.05, 0) is 77.0 Å². The number of nitrogens with zero attached hydrogens (tertiary/aromatic N) is 5. The summed E-state index contributed by atoms with van der Waals surface area (Å²) in [5.74, 6) is 1.84. The topological polar surface area (TPSA) is 48.5 Å². The highest BCUT2D eigenvalue weighted by Gasteiger charge is 2.20. The van der Waals surface area contributed by atoms with Crippen molar-refractivity contribution in [1.82, 2.24) is 24.1 Å². The predicted molar refractivity (Wildman–Crippen MR) is 248 cm³/mol. The molecule has 280 valence electrons. The molecule has 0 aliphatic heterocycles. The maximum absolute atomic E-state index is 5.30. The molecule has 3 heterocycles. The first-order valence-corrected chi connectivity index (χ1v) is 20.3. The van der Waals surface area contributed by atoms with Crippen LogP contribution in [-0.4, -0.2) is 24.1 Å². The van der Waals surface area contributed by atoms with E-state index in [4.69, 9.17) is 15.0 Å². The predicted octanol–water partition coefficient (Wildman–Crippen LogP) is 13.9. The summed E-state index contributed by atoms with van der Waals surface area (Å²) in [5.41, 5.74) is 11.7. The third-order valence-electron chi connectivity index (χ3n) is 11.7. The largest absolute Gasteiger partial charge is 0.309 e. The molecule has 0 fully saturated rings. The summed E-state index contributed by atoms with van der Waals surface area (Å²) in [4.78, 5) is 15.8. The van der Waals surface area contributed by atoms with Gasteiger partial charge in [0.2, 0.25) is 0 Å². The summed E-state index contributed by atoms with van der Waals surface area (Å²) in [5, 5.41) is 7.19. The van der Waals surface area contributed by atoms with Gasteiger partial charge in [0.25, 0.3) is 0 Å². The van der Waals surface area contributed by atoms with Crippen molar-refractivity contribution < 1.29 is 0 Å². The lowest BCUT2D eigenvalue weighted by molar-refractivity contribution is 1.07. The smallest absolute Gasteiger partial charge is 0.164 e. The lowest BCUT2D eigenvalue weighted by atomic mass is 10.00. The Kier molecular flexibility index (Phi) is 7.78. The minimum atomic E-state index is 0.608. The molecular formula is C55H35N5. The highest BCUT2D eigenvalue weighted by atomic mass is 15.0. The molecule has 0 unspecified atom stereocenters. The van der Waals surface area contributed by atoms with Gasteiger partial charge in [0, 0.05) is 49.5 Å². The van der Waals surface area contributed by atoms with Gasteiger partial charge in [-0.2, -0.15) is 0 Å². The average Bonchev–Trinajstić information content (AvgIpc) is 3.84. The van der Waals surface area contributed by atoms with Gasteiger partial charge >= 0.3 is 0 Å². The van der Waals surface area contributed by atoms with Crippen LogP contribution in [0.4, 0.5) is 0 Å². The highest BCUT2D eigenvalue weighted by Crippen LogP contribution is 2.39. The highest BCUT2D eigenvalue weighted by molar-refractivity contribution is 6.10. The molecule has 0 spiro atoms. The lowest BCUT2D eigenvalue weighted by Crippen LogP contribution is -2.02. The number of rotatable bonds is 6. The number of hydrogen-bond donors (Lipinski definition) is 0. The number of aromatic nitrogens is 5. The van der Waals surface area contributed by atoms with Crippen LogP contribution in [0.3, 0.4) is 0 Å². The van der Waals surface area contributed by atoms with Gasteiger partial charge in [-0.25, -0.2) is 15.0 Å². The summed E-state index contributed by atoms with van der Waals surface area (Å²) in [6.45, 7) is 0. The molecular weight excluding hydrogens is 731 g/mol. The summed E-state index contributed by atoms with van der Waals surface area (Å²) in [7, 11) is 0. The Morgan fingerprint density at radius 1 is 0.283 bits per heavy atom. The summed E-state index contributed by atoms with van der Waals surface area (Å²) < 4.78 is 4.72. The zero-order valence-corrected chi connectivity index (χ0v) is 32.4. The second-order valence-electron chi connectivity index (χ2n) is 15.3. The van der Waals surface area contributed by atoms with Crippen LogP contribution in [0.25, 0.3) is 111 Å². The fraction of sp³-hybridized carbons (Fsp3) is 0. The first kappa shape index (κ1) is 33.9. The zero-order chi connectivity index (χ0) is 39.6. The van der Waals surface area contributed by atoms with Crippen molar-refractivity contribution in [2.75, 3.05) is 0 Å². The van der Waals surface area contributed by atoms with Crippen LogP contribution < -0.4 is 0 Å². The molecule has 60 heavy (non-hydrogen) atoms. The zero-order valence-electron chi connectivity index (χ0n) is 32.4. The molecule has 5 heteroatoms. The van der Waals surface area contributed by atoms with E-state index in [9.17, 15) is 0 Å². The van der Waals surface area contributed by atoms with Crippen molar-refractivity contribution in [3.05, 3.63) is 212 Å². The van der Waals surface area contributed by atoms with Gasteiger partial charge in [-0.15, -0.1) is 0 Å². The van der Waals surface area contributed by atoms with Crippen LogP contribution >= 0.6 is 0 Å². The van der Waals surface area contributed by atoms with Crippen LogP contribution in [0.15, 0.2) is 212 Å². The Morgan fingerprint density at radius 3 is 1.33 bits per heavy atom. The van der Waals surface area contributed by atoms with Gasteiger partial charge in [0.05, 0.1) is 27.8 Å². The van der Waals surface area contributed by atoms with E-state index in [1.165, 1.54) is 26.9 Å². The summed E-state index contributed by atoms with van der Waals surface area (Å²) in [6, 6.07) is 75.1. The van der Waals surface area contributed by atoms with E-state index in [-0.39, 0.29) is 0 Å². The summed E-state index contributed by atoms with van der Waals surface area (Å²) in [6.07, 6.45) is 0.